The molecule has 3 aromatic rings. The average molecular weight is 520 g/mol. The summed E-state index contributed by atoms with van der Waals surface area (Å²) >= 11 is 7.80. The number of ketones is 1. The van der Waals surface area contributed by atoms with Crippen LogP contribution in [-0.4, -0.2) is 25.0 Å². The second-order valence-electron chi connectivity index (χ2n) is 8.88. The fraction of sp³-hybridized carbons (Fsp3) is 0.241. The highest BCUT2D eigenvalue weighted by Gasteiger charge is 2.45. The van der Waals surface area contributed by atoms with E-state index in [4.69, 9.17) is 21.1 Å². The highest BCUT2D eigenvalue weighted by Crippen LogP contribution is 2.46. The number of fused-ring (bicyclic) bond motifs is 1. The van der Waals surface area contributed by atoms with Crippen molar-refractivity contribution in [3.8, 4) is 5.75 Å². The molecule has 0 spiro atoms. The maximum absolute atomic E-state index is 13.6. The minimum Gasteiger partial charge on any atom is -0.490 e. The number of benzene rings is 2. The van der Waals surface area contributed by atoms with E-state index in [1.54, 1.807) is 23.5 Å². The zero-order chi connectivity index (χ0) is 25.1. The van der Waals surface area contributed by atoms with Crippen molar-refractivity contribution < 1.29 is 19.1 Å². The highest BCUT2D eigenvalue weighted by atomic mass is 35.5. The molecular formula is C29H26ClNO4S. The van der Waals surface area contributed by atoms with E-state index < -0.39 is 17.8 Å². The molecule has 0 saturated heterocycles. The number of ether oxygens (including phenoxy) is 2. The average Bonchev–Trinajstić information content (AvgIpc) is 3.42. The molecule has 0 fully saturated rings. The Morgan fingerprint density at radius 1 is 1.03 bits per heavy atom. The van der Waals surface area contributed by atoms with E-state index in [1.165, 1.54) is 0 Å². The van der Waals surface area contributed by atoms with Gasteiger partial charge in [-0.2, -0.15) is 0 Å². The molecular weight excluding hydrogens is 494 g/mol. The minimum absolute atomic E-state index is 0.0264. The molecule has 7 heteroatoms. The van der Waals surface area contributed by atoms with Gasteiger partial charge in [0.2, 0.25) is 0 Å². The zero-order valence-electron chi connectivity index (χ0n) is 19.8. The lowest BCUT2D eigenvalue weighted by Crippen LogP contribution is -2.42. The van der Waals surface area contributed by atoms with Gasteiger partial charge in [-0.1, -0.05) is 54.1 Å². The third kappa shape index (κ3) is 5.11. The largest absolute Gasteiger partial charge is 0.490 e. The number of Topliss-reactive ketones (excluding diaryl/α,β-unsaturated/α-hetero) is 1. The molecule has 1 aliphatic carbocycles. The van der Waals surface area contributed by atoms with E-state index in [0.29, 0.717) is 28.5 Å². The predicted octanol–water partition coefficient (Wildman–Crippen LogP) is 6.24. The normalized spacial score (nSPS) is 21.3. The van der Waals surface area contributed by atoms with Crippen molar-refractivity contribution >= 4 is 34.7 Å². The van der Waals surface area contributed by atoms with E-state index in [1.807, 2.05) is 60.8 Å². The van der Waals surface area contributed by atoms with Crippen LogP contribution in [-0.2, 0) is 14.3 Å². The zero-order valence-corrected chi connectivity index (χ0v) is 21.4. The predicted molar refractivity (Wildman–Crippen MR) is 141 cm³/mol. The lowest BCUT2D eigenvalue weighted by molar-refractivity contribution is -0.140. The van der Waals surface area contributed by atoms with E-state index in [2.05, 4.69) is 17.5 Å². The lowest BCUT2D eigenvalue weighted by atomic mass is 9.69. The highest BCUT2D eigenvalue weighted by molar-refractivity contribution is 7.10. The van der Waals surface area contributed by atoms with Crippen LogP contribution in [0.3, 0.4) is 0 Å². The molecule has 2 aliphatic rings. The summed E-state index contributed by atoms with van der Waals surface area (Å²) in [5.41, 5.74) is 2.84. The topological polar surface area (TPSA) is 64.6 Å². The molecule has 36 heavy (non-hydrogen) atoms. The first-order valence-electron chi connectivity index (χ1n) is 11.9. The Kier molecular flexibility index (Phi) is 7.25. The van der Waals surface area contributed by atoms with Crippen LogP contribution >= 0.6 is 22.9 Å². The van der Waals surface area contributed by atoms with Gasteiger partial charge in [-0.25, -0.2) is 4.79 Å². The van der Waals surface area contributed by atoms with E-state index >= 15 is 0 Å². The summed E-state index contributed by atoms with van der Waals surface area (Å²) in [5, 5.41) is 5.99. The maximum Gasteiger partial charge on any atom is 0.336 e. The Hall–Kier alpha value is -3.35. The van der Waals surface area contributed by atoms with Gasteiger partial charge in [-0.05, 0) is 48.2 Å². The summed E-state index contributed by atoms with van der Waals surface area (Å²) < 4.78 is 11.3. The SMILES string of the molecule is CC1=C(C(=O)OCCOc2ccccc2)C(c2ccc(Cl)cc2)C2C(=O)CC(c3cccs3)C=C2N1. The molecule has 0 saturated carbocycles. The monoisotopic (exact) mass is 519 g/mol. The number of rotatable bonds is 7. The van der Waals surface area contributed by atoms with Crippen LogP contribution in [0.15, 0.2) is 95.2 Å². The third-order valence-electron chi connectivity index (χ3n) is 6.55. The van der Waals surface area contributed by atoms with Crippen molar-refractivity contribution in [1.29, 1.82) is 0 Å². The Balaban J connectivity index is 1.42. The smallest absolute Gasteiger partial charge is 0.336 e. The summed E-state index contributed by atoms with van der Waals surface area (Å²) in [4.78, 5) is 28.1. The molecule has 0 amide bonds. The number of allylic oxidation sites excluding steroid dienone is 3. The minimum atomic E-state index is -0.491. The Morgan fingerprint density at radius 2 is 1.81 bits per heavy atom. The van der Waals surface area contributed by atoms with Gasteiger partial charge >= 0.3 is 5.97 Å². The third-order valence-corrected chi connectivity index (χ3v) is 7.81. The molecule has 0 bridgehead atoms. The van der Waals surface area contributed by atoms with Crippen molar-refractivity contribution in [1.82, 2.24) is 5.32 Å². The summed E-state index contributed by atoms with van der Waals surface area (Å²) in [7, 11) is 0. The van der Waals surface area contributed by atoms with Gasteiger partial charge in [0.1, 0.15) is 24.7 Å². The Labute approximate surface area is 219 Å². The molecule has 1 N–H and O–H groups in total. The molecule has 0 radical (unpaired) electrons. The first-order chi connectivity index (χ1) is 17.5. The molecule has 3 atom stereocenters. The van der Waals surface area contributed by atoms with Crippen molar-refractivity contribution in [2.75, 3.05) is 13.2 Å². The number of hydrogen-bond acceptors (Lipinski definition) is 6. The van der Waals surface area contributed by atoms with Gasteiger partial charge in [0.05, 0.1) is 11.5 Å². The summed E-state index contributed by atoms with van der Waals surface area (Å²) in [5.74, 6) is -0.570. The van der Waals surface area contributed by atoms with Gasteiger partial charge in [-0.3, -0.25) is 4.79 Å². The van der Waals surface area contributed by atoms with Gasteiger partial charge in [0.15, 0.2) is 0 Å². The summed E-state index contributed by atoms with van der Waals surface area (Å²) in [6, 6.07) is 20.8. The number of carbonyl (C=O) groups excluding carboxylic acids is 2. The molecule has 184 valence electrons. The standard InChI is InChI=1S/C29H26ClNO4S/c1-18-26(29(33)35-14-13-34-22-6-3-2-4-7-22)27(19-9-11-21(30)12-10-19)28-23(31-18)16-20(17-24(28)32)25-8-5-15-36-25/h2-12,15-16,20,27-28,31H,13-14,17H2,1H3. The number of carbonyl (C=O) groups is 2. The van der Waals surface area contributed by atoms with E-state index in [0.717, 1.165) is 16.1 Å². The second-order valence-corrected chi connectivity index (χ2v) is 10.3. The number of thiophene rings is 1. The van der Waals surface area contributed by atoms with Gasteiger partial charge < -0.3 is 14.8 Å². The van der Waals surface area contributed by atoms with Crippen LogP contribution in [0, 0.1) is 5.92 Å². The quantitative estimate of drug-likeness (QED) is 0.295. The Morgan fingerprint density at radius 3 is 2.53 bits per heavy atom. The molecule has 2 heterocycles. The number of hydrogen-bond donors (Lipinski definition) is 1. The fourth-order valence-electron chi connectivity index (χ4n) is 4.95. The van der Waals surface area contributed by atoms with Crippen LogP contribution in [0.4, 0.5) is 0 Å². The molecule has 5 rings (SSSR count). The fourth-order valence-corrected chi connectivity index (χ4v) is 5.87. The van der Waals surface area contributed by atoms with Crippen molar-refractivity contribution in [3.63, 3.8) is 0 Å². The maximum atomic E-state index is 13.6. The van der Waals surface area contributed by atoms with Gasteiger partial charge in [0.25, 0.3) is 0 Å². The number of halogens is 1. The van der Waals surface area contributed by atoms with E-state index in [-0.39, 0.29) is 24.9 Å². The first kappa shape index (κ1) is 24.3. The van der Waals surface area contributed by atoms with Crippen molar-refractivity contribution in [3.05, 3.63) is 111 Å². The summed E-state index contributed by atoms with van der Waals surface area (Å²) in [6.45, 7) is 2.19. The number of esters is 1. The first-order valence-corrected chi connectivity index (χ1v) is 13.1. The van der Waals surface area contributed by atoms with Crippen LogP contribution in [0.25, 0.3) is 0 Å². The van der Waals surface area contributed by atoms with E-state index in [9.17, 15) is 9.59 Å². The number of para-hydroxylation sites is 1. The summed E-state index contributed by atoms with van der Waals surface area (Å²) in [6.07, 6.45) is 2.53. The van der Waals surface area contributed by atoms with Crippen molar-refractivity contribution in [2.45, 2.75) is 25.2 Å². The second kappa shape index (κ2) is 10.7. The lowest BCUT2D eigenvalue weighted by Gasteiger charge is -2.39. The van der Waals surface area contributed by atoms with Crippen LogP contribution in [0.5, 0.6) is 5.75 Å². The van der Waals surface area contributed by atoms with Crippen LogP contribution in [0.1, 0.15) is 35.6 Å². The van der Waals surface area contributed by atoms with Crippen LogP contribution < -0.4 is 10.1 Å². The Bertz CT molecular complexity index is 1300. The molecule has 3 unspecified atom stereocenters. The molecule has 1 aromatic heterocycles. The van der Waals surface area contributed by atoms with Crippen LogP contribution in [0.2, 0.25) is 5.02 Å². The molecule has 5 nitrogen and oxygen atoms in total. The number of nitrogens with one attached hydrogen (secondary N) is 1. The van der Waals surface area contributed by atoms with Crippen molar-refractivity contribution in [2.24, 2.45) is 5.92 Å². The van der Waals surface area contributed by atoms with Gasteiger partial charge in [0, 0.05) is 39.6 Å². The molecule has 2 aromatic carbocycles. The molecule has 1 aliphatic heterocycles. The van der Waals surface area contributed by atoms with Gasteiger partial charge in [-0.15, -0.1) is 11.3 Å².